The molecule has 0 aliphatic rings. The van der Waals surface area contributed by atoms with Gasteiger partial charge in [-0.25, -0.2) is 0 Å². The van der Waals surface area contributed by atoms with Crippen LogP contribution in [0.4, 0.5) is 0 Å². The van der Waals surface area contributed by atoms with Crippen LogP contribution in [0.3, 0.4) is 0 Å². The van der Waals surface area contributed by atoms with Gasteiger partial charge in [-0.3, -0.25) is 14.4 Å². The maximum atomic E-state index is 12.8. The van der Waals surface area contributed by atoms with Gasteiger partial charge >= 0.3 is 17.9 Å². The Morgan fingerprint density at radius 3 is 0.984 bits per heavy atom. The molecule has 0 heterocycles. The molecule has 0 spiro atoms. The van der Waals surface area contributed by atoms with Crippen molar-refractivity contribution in [2.75, 3.05) is 13.2 Å². The lowest BCUT2D eigenvalue weighted by atomic mass is 10.1. The average molecular weight is 871 g/mol. The highest BCUT2D eigenvalue weighted by atomic mass is 16.6. The SMILES string of the molecule is CC/C=C\C/C=C\C/C=C\C/C=C\C/C=C\C/C=C\CCC(=O)OCC(COC(=O)CCCCCCC/C=C\C/C=C\CC)OC(=O)CCCCCCCCC/C=C\C/C=C\CC. The number of rotatable bonds is 43. The van der Waals surface area contributed by atoms with Crippen LogP contribution in [0.25, 0.3) is 0 Å². The Morgan fingerprint density at radius 1 is 0.317 bits per heavy atom. The fourth-order valence-corrected chi connectivity index (χ4v) is 6.31. The van der Waals surface area contributed by atoms with Gasteiger partial charge in [0.05, 0.1) is 0 Å². The Morgan fingerprint density at radius 2 is 0.603 bits per heavy atom. The molecule has 0 saturated heterocycles. The predicted molar refractivity (Wildman–Crippen MR) is 269 cm³/mol. The summed E-state index contributed by atoms with van der Waals surface area (Å²) in [5.74, 6) is -1.04. The smallest absolute Gasteiger partial charge is 0.306 e. The minimum atomic E-state index is -0.821. The van der Waals surface area contributed by atoms with Gasteiger partial charge in [-0.2, -0.15) is 0 Å². The van der Waals surface area contributed by atoms with Gasteiger partial charge in [0.15, 0.2) is 6.10 Å². The van der Waals surface area contributed by atoms with Crippen molar-refractivity contribution in [2.45, 2.75) is 207 Å². The molecule has 63 heavy (non-hydrogen) atoms. The van der Waals surface area contributed by atoms with Gasteiger partial charge in [-0.1, -0.05) is 194 Å². The van der Waals surface area contributed by atoms with Gasteiger partial charge in [0, 0.05) is 19.3 Å². The molecule has 0 saturated carbocycles. The summed E-state index contributed by atoms with van der Waals surface area (Å²) in [5, 5.41) is 0. The number of hydrogen-bond acceptors (Lipinski definition) is 6. The van der Waals surface area contributed by atoms with E-state index in [0.717, 1.165) is 128 Å². The van der Waals surface area contributed by atoms with Crippen LogP contribution >= 0.6 is 0 Å². The molecule has 1 unspecified atom stereocenters. The molecule has 0 bridgehead atoms. The first-order valence-corrected chi connectivity index (χ1v) is 25.0. The van der Waals surface area contributed by atoms with E-state index in [9.17, 15) is 14.4 Å². The summed E-state index contributed by atoms with van der Waals surface area (Å²) in [7, 11) is 0. The van der Waals surface area contributed by atoms with E-state index >= 15 is 0 Å². The molecule has 0 amide bonds. The van der Waals surface area contributed by atoms with Crippen LogP contribution in [0.5, 0.6) is 0 Å². The van der Waals surface area contributed by atoms with Crippen molar-refractivity contribution < 1.29 is 28.6 Å². The number of carbonyl (C=O) groups is 3. The first kappa shape index (κ1) is 58.8. The van der Waals surface area contributed by atoms with Crippen molar-refractivity contribution in [2.24, 2.45) is 0 Å². The molecule has 0 aromatic rings. The van der Waals surface area contributed by atoms with Crippen molar-refractivity contribution in [1.29, 1.82) is 0 Å². The highest BCUT2D eigenvalue weighted by molar-refractivity contribution is 5.71. The Labute approximate surface area is 386 Å². The van der Waals surface area contributed by atoms with E-state index in [1.54, 1.807) is 0 Å². The van der Waals surface area contributed by atoms with Crippen molar-refractivity contribution >= 4 is 17.9 Å². The van der Waals surface area contributed by atoms with Gasteiger partial charge in [-0.15, -0.1) is 0 Å². The summed E-state index contributed by atoms with van der Waals surface area (Å²) < 4.78 is 16.7. The van der Waals surface area contributed by atoms with E-state index in [-0.39, 0.29) is 37.5 Å². The van der Waals surface area contributed by atoms with Crippen molar-refractivity contribution in [3.8, 4) is 0 Å². The van der Waals surface area contributed by atoms with E-state index in [4.69, 9.17) is 14.2 Å². The van der Waals surface area contributed by atoms with Crippen LogP contribution in [0.1, 0.15) is 201 Å². The van der Waals surface area contributed by atoms with Gasteiger partial charge in [0.1, 0.15) is 13.2 Å². The molecule has 0 aromatic carbocycles. The van der Waals surface area contributed by atoms with E-state index in [2.05, 4.69) is 130 Å². The zero-order valence-electron chi connectivity index (χ0n) is 40.3. The number of carbonyl (C=O) groups excluding carboxylic acids is 3. The van der Waals surface area contributed by atoms with Gasteiger partial charge in [0.2, 0.25) is 0 Å². The third kappa shape index (κ3) is 48.7. The minimum absolute atomic E-state index is 0.116. The molecular formula is C57H90O6. The van der Waals surface area contributed by atoms with Crippen LogP contribution in [0, 0.1) is 0 Å². The van der Waals surface area contributed by atoms with Crippen molar-refractivity contribution in [3.05, 3.63) is 122 Å². The molecule has 6 heteroatoms. The maximum absolute atomic E-state index is 12.8. The second kappa shape index (κ2) is 50.5. The largest absolute Gasteiger partial charge is 0.462 e. The lowest BCUT2D eigenvalue weighted by molar-refractivity contribution is -0.166. The van der Waals surface area contributed by atoms with Gasteiger partial charge in [-0.05, 0) is 109 Å². The quantitative estimate of drug-likeness (QED) is 0.0263. The van der Waals surface area contributed by atoms with E-state index in [0.29, 0.717) is 19.3 Å². The van der Waals surface area contributed by atoms with Crippen LogP contribution < -0.4 is 0 Å². The van der Waals surface area contributed by atoms with Crippen LogP contribution in [0.15, 0.2) is 122 Å². The molecule has 0 fully saturated rings. The lowest BCUT2D eigenvalue weighted by Gasteiger charge is -2.18. The fourth-order valence-electron chi connectivity index (χ4n) is 6.31. The molecule has 0 aromatic heterocycles. The van der Waals surface area contributed by atoms with E-state index in [1.165, 1.54) is 25.7 Å². The Bertz CT molecular complexity index is 1370. The number of hydrogen-bond donors (Lipinski definition) is 0. The summed E-state index contributed by atoms with van der Waals surface area (Å²) in [6, 6.07) is 0. The molecule has 0 radical (unpaired) electrons. The van der Waals surface area contributed by atoms with Crippen LogP contribution in [0.2, 0.25) is 0 Å². The van der Waals surface area contributed by atoms with Crippen molar-refractivity contribution in [3.63, 3.8) is 0 Å². The molecular weight excluding hydrogens is 781 g/mol. The normalized spacial score (nSPS) is 13.1. The summed E-state index contributed by atoms with van der Waals surface area (Å²) in [6.07, 6.45) is 69.1. The average Bonchev–Trinajstić information content (AvgIpc) is 3.28. The first-order chi connectivity index (χ1) is 31.0. The molecule has 0 aliphatic heterocycles. The molecule has 354 valence electrons. The zero-order chi connectivity index (χ0) is 45.8. The summed E-state index contributed by atoms with van der Waals surface area (Å²) >= 11 is 0. The molecule has 6 nitrogen and oxygen atoms in total. The molecule has 1 atom stereocenters. The van der Waals surface area contributed by atoms with Crippen LogP contribution in [-0.2, 0) is 28.6 Å². The third-order valence-electron chi connectivity index (χ3n) is 9.96. The summed E-state index contributed by atoms with van der Waals surface area (Å²) in [6.45, 7) is 6.20. The first-order valence-electron chi connectivity index (χ1n) is 25.0. The summed E-state index contributed by atoms with van der Waals surface area (Å²) in [4.78, 5) is 37.9. The molecule has 0 rings (SSSR count). The fraction of sp³-hybridized carbons (Fsp3) is 0.596. The monoisotopic (exact) mass is 871 g/mol. The number of esters is 3. The Kier molecular flexibility index (Phi) is 47.1. The standard InChI is InChI=1S/C57H90O6/c1-4-7-10-13-16-19-22-25-27-28-29-30-31-33-35-38-41-44-47-50-56(59)62-53-54(52-61-55(58)49-46-43-40-37-34-24-21-18-15-12-9-6-3)63-57(60)51-48-45-42-39-36-32-26-23-20-17-14-11-8-5-2/h7-12,16-21,25,27,29-30,33,35,41,44,54H,4-6,13-15,22-24,26,28,31-32,34,36-40,42-43,45-53H2,1-3H3/b10-7-,11-8-,12-9-,19-16-,20-17-,21-18-,27-25-,30-29-,35-33-,44-41-. The topological polar surface area (TPSA) is 78.9 Å². The third-order valence-corrected chi connectivity index (χ3v) is 9.96. The summed E-state index contributed by atoms with van der Waals surface area (Å²) in [5.41, 5.74) is 0. The van der Waals surface area contributed by atoms with E-state index < -0.39 is 6.10 Å². The minimum Gasteiger partial charge on any atom is -0.462 e. The van der Waals surface area contributed by atoms with Gasteiger partial charge in [0.25, 0.3) is 0 Å². The highest BCUT2D eigenvalue weighted by Gasteiger charge is 2.19. The Balaban J connectivity index is 4.53. The number of unbranched alkanes of at least 4 members (excludes halogenated alkanes) is 12. The van der Waals surface area contributed by atoms with E-state index in [1.807, 2.05) is 12.2 Å². The number of ether oxygens (including phenoxy) is 3. The molecule has 0 aliphatic carbocycles. The Hall–Kier alpha value is -4.19. The second-order valence-electron chi connectivity index (χ2n) is 15.9. The highest BCUT2D eigenvalue weighted by Crippen LogP contribution is 2.13. The number of allylic oxidation sites excluding steroid dienone is 20. The zero-order valence-corrected chi connectivity index (χ0v) is 40.3. The second-order valence-corrected chi connectivity index (χ2v) is 15.9. The van der Waals surface area contributed by atoms with Crippen molar-refractivity contribution in [1.82, 2.24) is 0 Å². The maximum Gasteiger partial charge on any atom is 0.306 e. The van der Waals surface area contributed by atoms with Gasteiger partial charge < -0.3 is 14.2 Å². The lowest BCUT2D eigenvalue weighted by Crippen LogP contribution is -2.30. The van der Waals surface area contributed by atoms with Crippen LogP contribution in [-0.4, -0.2) is 37.2 Å². The molecule has 0 N–H and O–H groups in total. The predicted octanol–water partition coefficient (Wildman–Crippen LogP) is 16.5.